The van der Waals surface area contributed by atoms with E-state index in [1.165, 1.54) is 36.9 Å². The summed E-state index contributed by atoms with van der Waals surface area (Å²) in [4.78, 5) is 96.6. The van der Waals surface area contributed by atoms with E-state index in [-0.39, 0.29) is 36.7 Å². The molecule has 0 saturated carbocycles. The Bertz CT molecular complexity index is 1630. The number of aromatic nitrogens is 1. The molecular weight excluding hydrogens is 618 g/mol. The number of fused-ring (bicyclic) bond motifs is 2. The van der Waals surface area contributed by atoms with Crippen molar-refractivity contribution < 1.29 is 38.7 Å². The molecule has 44 heavy (non-hydrogen) atoms. The summed E-state index contributed by atoms with van der Waals surface area (Å²) in [6.07, 6.45) is 0.188. The van der Waals surface area contributed by atoms with E-state index < -0.39 is 63.1 Å². The van der Waals surface area contributed by atoms with Crippen molar-refractivity contribution in [3.05, 3.63) is 23.8 Å². The van der Waals surface area contributed by atoms with Gasteiger partial charge in [0.25, 0.3) is 11.8 Å². The van der Waals surface area contributed by atoms with E-state index in [0.29, 0.717) is 15.1 Å². The van der Waals surface area contributed by atoms with Crippen LogP contribution in [0.1, 0.15) is 26.3 Å². The van der Waals surface area contributed by atoms with Crippen molar-refractivity contribution in [3.8, 4) is 0 Å². The van der Waals surface area contributed by atoms with Crippen LogP contribution >= 0.6 is 23.1 Å². The Morgan fingerprint density at radius 2 is 1.91 bits per heavy atom. The van der Waals surface area contributed by atoms with Gasteiger partial charge in [0, 0.05) is 25.2 Å². The number of benzene rings is 1. The first kappa shape index (κ1) is 31.0. The Balaban J connectivity index is 1.47. The molecule has 5 rings (SSSR count). The highest BCUT2D eigenvalue weighted by atomic mass is 32.2. The molecule has 3 aliphatic rings. The van der Waals surface area contributed by atoms with Gasteiger partial charge in [0.1, 0.15) is 11.4 Å². The van der Waals surface area contributed by atoms with Gasteiger partial charge in [-0.25, -0.2) is 14.6 Å². The van der Waals surface area contributed by atoms with Crippen molar-refractivity contribution in [1.29, 1.82) is 0 Å². The molecule has 3 aliphatic heterocycles. The molecule has 0 bridgehead atoms. The van der Waals surface area contributed by atoms with Crippen LogP contribution in [-0.2, 0) is 34.4 Å². The minimum absolute atomic E-state index is 0.0380. The Morgan fingerprint density at radius 1 is 1.20 bits per heavy atom. The van der Waals surface area contributed by atoms with E-state index in [2.05, 4.69) is 20.9 Å². The number of carbonyl (C=O) groups is 7. The zero-order chi connectivity index (χ0) is 32.4. The van der Waals surface area contributed by atoms with Gasteiger partial charge in [-0.05, 0) is 32.9 Å². The number of hydrogen-bond donors (Lipinski definition) is 6. The van der Waals surface area contributed by atoms with Crippen molar-refractivity contribution in [2.45, 2.75) is 48.3 Å². The molecule has 8 N–H and O–H groups in total. The fraction of sp³-hybridized carbons (Fsp3) is 0.440. The maximum atomic E-state index is 14.0. The highest BCUT2D eigenvalue weighted by Gasteiger charge is 2.73. The minimum atomic E-state index is -2.40. The molecule has 0 spiro atoms. The number of nitrogens with zero attached hydrogens (tertiary/aromatic N) is 4. The van der Waals surface area contributed by atoms with Gasteiger partial charge in [0.15, 0.2) is 10.8 Å². The predicted molar refractivity (Wildman–Crippen MR) is 156 cm³/mol. The third-order valence-electron chi connectivity index (χ3n) is 8.01. The van der Waals surface area contributed by atoms with Crippen LogP contribution in [0.2, 0.25) is 0 Å². The number of carbonyl (C=O) groups excluding carboxylic acids is 6. The lowest BCUT2D eigenvalue weighted by Gasteiger charge is -2.49. The molecule has 1 unspecified atom stereocenters. The number of aliphatic carboxylic acids is 1. The van der Waals surface area contributed by atoms with Crippen LogP contribution in [0.3, 0.4) is 0 Å². The molecule has 234 valence electrons. The first-order chi connectivity index (χ1) is 20.6. The molecule has 1 aromatic carbocycles. The quantitative estimate of drug-likeness (QED) is 0.0795. The normalized spacial score (nSPS) is 25.6. The van der Waals surface area contributed by atoms with Crippen molar-refractivity contribution >= 4 is 80.5 Å². The number of carboxylic acids is 1. The second-order valence-corrected chi connectivity index (χ2v) is 13.6. The summed E-state index contributed by atoms with van der Waals surface area (Å²) in [5, 5.41) is 16.5. The summed E-state index contributed by atoms with van der Waals surface area (Å²) < 4.78 is -0.706. The number of nitrogen functional groups attached to an aromatic ring is 1. The fourth-order valence-electron chi connectivity index (χ4n) is 5.61. The number of nitrogens with two attached hydrogens (primary N) is 2. The van der Waals surface area contributed by atoms with Gasteiger partial charge in [0.05, 0.1) is 15.0 Å². The predicted octanol–water partition coefficient (Wildman–Crippen LogP) is -1.90. The van der Waals surface area contributed by atoms with E-state index in [1.807, 2.05) is 0 Å². The monoisotopic (exact) mass is 647 g/mol. The molecular formula is C25H29N9O8S2. The Labute approximate surface area is 257 Å². The number of anilines is 1. The largest absolute Gasteiger partial charge is 0.478 e. The molecule has 4 heterocycles. The molecule has 3 fully saturated rings. The highest BCUT2D eigenvalue weighted by Crippen LogP contribution is 2.55. The highest BCUT2D eigenvalue weighted by molar-refractivity contribution is 8.01. The van der Waals surface area contributed by atoms with E-state index in [0.717, 1.165) is 28.0 Å². The van der Waals surface area contributed by atoms with Crippen LogP contribution in [0.15, 0.2) is 18.2 Å². The zero-order valence-electron chi connectivity index (χ0n) is 23.7. The van der Waals surface area contributed by atoms with Crippen molar-refractivity contribution in [2.24, 2.45) is 5.73 Å². The maximum Gasteiger partial charge on any atom is 0.352 e. The molecule has 7 amide bonds. The van der Waals surface area contributed by atoms with Crippen LogP contribution in [0, 0.1) is 0 Å². The number of carboxylic acid groups (broad SMARTS) is 1. The molecule has 2 aromatic rings. The lowest BCUT2D eigenvalue weighted by molar-refractivity contribution is -0.175. The molecule has 17 nitrogen and oxygen atoms in total. The fourth-order valence-corrected chi connectivity index (χ4v) is 8.09. The third kappa shape index (κ3) is 4.41. The summed E-state index contributed by atoms with van der Waals surface area (Å²) >= 11 is 2.13. The number of β-lactam (4-membered cyclic amide) rings is 1. The van der Waals surface area contributed by atoms with Gasteiger partial charge in [-0.3, -0.25) is 39.5 Å². The third-order valence-corrected chi connectivity index (χ3v) is 10.5. The van der Waals surface area contributed by atoms with E-state index in [9.17, 15) is 38.7 Å². The Kier molecular flexibility index (Phi) is 7.45. The van der Waals surface area contributed by atoms with Gasteiger partial charge >= 0.3 is 23.8 Å². The number of rotatable bonds is 8. The minimum Gasteiger partial charge on any atom is -0.478 e. The maximum absolute atomic E-state index is 14.0. The number of nitrogens with one attached hydrogen (secondary N) is 3. The van der Waals surface area contributed by atoms with Crippen molar-refractivity contribution in [1.82, 2.24) is 35.6 Å². The molecule has 0 aliphatic carbocycles. The Morgan fingerprint density at radius 3 is 2.55 bits per heavy atom. The van der Waals surface area contributed by atoms with Crippen molar-refractivity contribution in [3.63, 3.8) is 0 Å². The molecule has 3 saturated heterocycles. The first-order valence-electron chi connectivity index (χ1n) is 13.3. The second kappa shape index (κ2) is 10.6. The average molecular weight is 648 g/mol. The molecule has 1 aromatic heterocycles. The lowest BCUT2D eigenvalue weighted by atomic mass is 9.88. The summed E-state index contributed by atoms with van der Waals surface area (Å²) in [7, 11) is 0. The van der Waals surface area contributed by atoms with Gasteiger partial charge < -0.3 is 31.7 Å². The number of urea groups is 1. The smallest absolute Gasteiger partial charge is 0.352 e. The van der Waals surface area contributed by atoms with E-state index >= 15 is 0 Å². The van der Waals surface area contributed by atoms with Gasteiger partial charge in [-0.2, -0.15) is 0 Å². The topological polar surface area (TPSA) is 250 Å². The number of thiazole rings is 1. The SMILES string of the molecule is CCN1CCN(C(=O)NC(N)(C(=O)N[C@H]2C(=O)N3[C@@H]2SC(C)(C)[C@]3(NC=O)C(=O)O)c2ccc3nc(N)sc3c2)C(=O)C1=O. The van der Waals surface area contributed by atoms with Gasteiger partial charge in [-0.1, -0.05) is 17.4 Å². The standard InChI is InChI=1S/C25H29N9O8S2/c1-4-32-7-8-33(17(38)16(32)37)22(42)31-24(27,11-5-6-12-13(9-11)43-21(26)29-12)19(39)30-14-15(36)34-18(14)44-23(2,3)25(34,20(40)41)28-10-35/h5-6,9-10,14,18H,4,7-8,27H2,1-3H3,(H2,26,29)(H,28,35)(H,30,39)(H,31,42)(H,40,41)/t14-,18+,24?,25-/m0/s1. The zero-order valence-corrected chi connectivity index (χ0v) is 25.3. The lowest BCUT2D eigenvalue weighted by Crippen LogP contribution is -2.80. The number of amides is 7. The van der Waals surface area contributed by atoms with Crippen LogP contribution < -0.4 is 27.4 Å². The van der Waals surface area contributed by atoms with Crippen LogP contribution in [0.4, 0.5) is 9.93 Å². The van der Waals surface area contributed by atoms with Gasteiger partial charge in [0.2, 0.25) is 12.1 Å². The average Bonchev–Trinajstić information content (AvgIpc) is 3.44. The van der Waals surface area contributed by atoms with Gasteiger partial charge in [-0.15, -0.1) is 11.8 Å². The van der Waals surface area contributed by atoms with Crippen LogP contribution in [0.25, 0.3) is 10.2 Å². The van der Waals surface area contributed by atoms with Crippen molar-refractivity contribution in [2.75, 3.05) is 25.4 Å². The molecule has 19 heteroatoms. The van der Waals surface area contributed by atoms with Crippen LogP contribution in [0.5, 0.6) is 0 Å². The number of imide groups is 1. The summed E-state index contributed by atoms with van der Waals surface area (Å²) in [6, 6.07) is 1.98. The van der Waals surface area contributed by atoms with E-state index in [1.54, 1.807) is 6.92 Å². The van der Waals surface area contributed by atoms with E-state index in [4.69, 9.17) is 11.5 Å². The number of piperazine rings is 1. The molecule has 4 atom stereocenters. The Hall–Kier alpha value is -4.49. The first-order valence-corrected chi connectivity index (χ1v) is 15.0. The molecule has 0 radical (unpaired) electrons. The second-order valence-electron chi connectivity index (χ2n) is 10.8. The summed E-state index contributed by atoms with van der Waals surface area (Å²) in [5.74, 6) is -5.35. The summed E-state index contributed by atoms with van der Waals surface area (Å²) in [6.45, 7) is 4.93. The number of hydrogen-bond acceptors (Lipinski definition) is 12. The number of thioether (sulfide) groups is 1. The number of likely N-dealkylation sites (N-methyl/N-ethyl adjacent to an activating group) is 1. The van der Waals surface area contributed by atoms with Crippen LogP contribution in [-0.4, -0.2) is 108 Å². The summed E-state index contributed by atoms with van der Waals surface area (Å²) in [5.41, 5.74) is 8.45.